The van der Waals surface area contributed by atoms with Gasteiger partial charge in [0.15, 0.2) is 11.8 Å². The monoisotopic (exact) mass is 626 g/mol. The molecule has 0 atom stereocenters. The summed E-state index contributed by atoms with van der Waals surface area (Å²) in [6, 6.07) is 4.70. The summed E-state index contributed by atoms with van der Waals surface area (Å²) in [7, 11) is -0.383. The highest BCUT2D eigenvalue weighted by molar-refractivity contribution is 9.10. The van der Waals surface area contributed by atoms with E-state index in [2.05, 4.69) is 25.9 Å². The Hall–Kier alpha value is -1.70. The van der Waals surface area contributed by atoms with Crippen LogP contribution in [-0.2, 0) is 19.6 Å². The lowest BCUT2D eigenvalue weighted by atomic mass is 9.97. The molecule has 36 heavy (non-hydrogen) atoms. The summed E-state index contributed by atoms with van der Waals surface area (Å²) < 4.78 is 35.6. The highest BCUT2D eigenvalue weighted by Gasteiger charge is 2.52. The van der Waals surface area contributed by atoms with Gasteiger partial charge in [-0.25, -0.2) is 13.4 Å². The van der Waals surface area contributed by atoms with Crippen molar-refractivity contribution in [3.05, 3.63) is 28.9 Å². The van der Waals surface area contributed by atoms with Gasteiger partial charge in [-0.3, -0.25) is 4.79 Å². The first-order valence-electron chi connectivity index (χ1n) is 11.1. The Morgan fingerprint density at radius 2 is 1.81 bits per heavy atom. The molecule has 3 rings (SSSR count). The zero-order chi connectivity index (χ0) is 25.1. The number of ether oxygens (including phenoxy) is 1. The molecule has 202 valence electrons. The standard InChI is InChI=1S/C22H31BrN6O4S.2ClH/c1-4-33-20(30)22(9-5-6-10-22)29(12-11-28(2)3)34(31,32)15-7-8-16-17(13-15)19(27-21(24)25)26-14-18(16)23;;/h7-8,13-14H,4-6,9-12H2,1-3H3,(H4,24,25,26,27);2*1H. The largest absolute Gasteiger partial charge is 0.465 e. The van der Waals surface area contributed by atoms with Gasteiger partial charge in [0.05, 0.1) is 11.5 Å². The Labute approximate surface area is 232 Å². The van der Waals surface area contributed by atoms with Crippen molar-refractivity contribution in [3.63, 3.8) is 0 Å². The van der Waals surface area contributed by atoms with Gasteiger partial charge in [-0.2, -0.15) is 9.30 Å². The highest BCUT2D eigenvalue weighted by Crippen LogP contribution is 2.41. The minimum absolute atomic E-state index is 0. The molecule has 1 heterocycles. The third-order valence-corrected chi connectivity index (χ3v) is 8.52. The number of halogens is 3. The molecule has 10 nitrogen and oxygen atoms in total. The van der Waals surface area contributed by atoms with Crippen molar-refractivity contribution < 1.29 is 17.9 Å². The summed E-state index contributed by atoms with van der Waals surface area (Å²) >= 11 is 3.44. The average molecular weight is 628 g/mol. The Kier molecular flexibility index (Phi) is 11.9. The molecular weight excluding hydrogens is 595 g/mol. The number of benzene rings is 1. The highest BCUT2D eigenvalue weighted by atomic mass is 79.9. The molecule has 1 saturated carbocycles. The van der Waals surface area contributed by atoms with Crippen LogP contribution in [0.25, 0.3) is 10.8 Å². The van der Waals surface area contributed by atoms with E-state index in [1.54, 1.807) is 19.2 Å². The summed E-state index contributed by atoms with van der Waals surface area (Å²) in [6.07, 6.45) is 3.87. The molecule has 4 N–H and O–H groups in total. The van der Waals surface area contributed by atoms with Crippen molar-refractivity contribution >= 4 is 79.3 Å². The SMILES string of the molecule is CCOC(=O)C1(N(CCN(C)C)S(=O)(=O)c2ccc3c(Br)cnc(N=C(N)N)c3c2)CCCC1.Cl.Cl. The number of nitrogens with two attached hydrogens (primary N) is 2. The number of hydrogen-bond donors (Lipinski definition) is 2. The molecule has 1 aliphatic rings. The first kappa shape index (κ1) is 32.3. The molecule has 1 aliphatic carbocycles. The molecule has 0 saturated heterocycles. The normalized spacial score (nSPS) is 14.8. The number of likely N-dealkylation sites (N-methyl/N-ethyl adjacent to an activating group) is 1. The minimum Gasteiger partial charge on any atom is -0.465 e. The number of guanidine groups is 1. The van der Waals surface area contributed by atoms with Crippen molar-refractivity contribution in [2.24, 2.45) is 16.5 Å². The molecule has 0 spiro atoms. The van der Waals surface area contributed by atoms with Crippen LogP contribution in [0.4, 0.5) is 5.82 Å². The predicted molar refractivity (Wildman–Crippen MR) is 150 cm³/mol. The molecule has 0 bridgehead atoms. The van der Waals surface area contributed by atoms with E-state index in [1.807, 2.05) is 19.0 Å². The van der Waals surface area contributed by atoms with Gasteiger partial charge >= 0.3 is 5.97 Å². The van der Waals surface area contributed by atoms with Crippen LogP contribution in [0, 0.1) is 0 Å². The van der Waals surface area contributed by atoms with Crippen molar-refractivity contribution in [2.45, 2.75) is 43.0 Å². The second kappa shape index (κ2) is 13.2. The number of aromatic nitrogens is 1. The maximum Gasteiger partial charge on any atom is 0.327 e. The van der Waals surface area contributed by atoms with Crippen LogP contribution in [-0.4, -0.2) is 73.9 Å². The van der Waals surface area contributed by atoms with Gasteiger partial charge < -0.3 is 21.1 Å². The van der Waals surface area contributed by atoms with Gasteiger partial charge in [0, 0.05) is 34.5 Å². The third-order valence-electron chi connectivity index (χ3n) is 5.93. The second-order valence-corrected chi connectivity index (χ2v) is 11.2. The van der Waals surface area contributed by atoms with E-state index in [0.29, 0.717) is 34.6 Å². The summed E-state index contributed by atoms with van der Waals surface area (Å²) in [5, 5.41) is 1.17. The van der Waals surface area contributed by atoms with E-state index < -0.39 is 21.5 Å². The maximum atomic E-state index is 14.1. The summed E-state index contributed by atoms with van der Waals surface area (Å²) in [4.78, 5) is 23.4. The van der Waals surface area contributed by atoms with Crippen LogP contribution in [0.5, 0.6) is 0 Å². The summed E-state index contributed by atoms with van der Waals surface area (Å²) in [5.41, 5.74) is 9.86. The van der Waals surface area contributed by atoms with Crippen molar-refractivity contribution in [1.82, 2.24) is 14.2 Å². The first-order chi connectivity index (χ1) is 16.0. The van der Waals surface area contributed by atoms with Gasteiger partial charge in [-0.1, -0.05) is 18.9 Å². The molecular formula is C22H33BrCl2N6O4S. The second-order valence-electron chi connectivity index (χ2n) is 8.51. The van der Waals surface area contributed by atoms with Crippen LogP contribution in [0.1, 0.15) is 32.6 Å². The van der Waals surface area contributed by atoms with Gasteiger partial charge in [0.2, 0.25) is 10.0 Å². The van der Waals surface area contributed by atoms with Crippen LogP contribution in [0.3, 0.4) is 0 Å². The number of fused-ring (bicyclic) bond motifs is 1. The number of pyridine rings is 1. The molecule has 1 aromatic carbocycles. The number of esters is 1. The van der Waals surface area contributed by atoms with Crippen LogP contribution < -0.4 is 11.5 Å². The Bertz CT molecular complexity index is 1200. The van der Waals surface area contributed by atoms with Gasteiger partial charge in [-0.15, -0.1) is 24.8 Å². The zero-order valence-electron chi connectivity index (χ0n) is 20.4. The quantitative estimate of drug-likeness (QED) is 0.245. The molecule has 0 aliphatic heterocycles. The number of sulfonamides is 1. The van der Waals surface area contributed by atoms with Crippen molar-refractivity contribution in [3.8, 4) is 0 Å². The fraction of sp³-hybridized carbons (Fsp3) is 0.500. The summed E-state index contributed by atoms with van der Waals surface area (Å²) in [6.45, 7) is 2.49. The van der Waals surface area contributed by atoms with E-state index in [-0.39, 0.29) is 54.6 Å². The lowest BCUT2D eigenvalue weighted by Gasteiger charge is -2.38. The fourth-order valence-electron chi connectivity index (χ4n) is 4.31. The van der Waals surface area contributed by atoms with Crippen molar-refractivity contribution in [1.29, 1.82) is 0 Å². The fourth-order valence-corrected chi connectivity index (χ4v) is 6.56. The molecule has 0 radical (unpaired) electrons. The van der Waals surface area contributed by atoms with E-state index in [4.69, 9.17) is 16.2 Å². The van der Waals surface area contributed by atoms with Gasteiger partial charge in [-0.05, 0) is 61.9 Å². The topological polar surface area (TPSA) is 144 Å². The van der Waals surface area contributed by atoms with Crippen LogP contribution in [0.15, 0.2) is 38.8 Å². The molecule has 0 unspecified atom stereocenters. The third kappa shape index (κ3) is 6.59. The number of aliphatic imine (C=N–C) groups is 1. The average Bonchev–Trinajstić information content (AvgIpc) is 3.26. The smallest absolute Gasteiger partial charge is 0.327 e. The minimum atomic E-state index is -4.10. The number of nitrogens with zero attached hydrogens (tertiary/aromatic N) is 4. The van der Waals surface area contributed by atoms with Gasteiger partial charge in [0.25, 0.3) is 0 Å². The van der Waals surface area contributed by atoms with Crippen LogP contribution >= 0.6 is 40.7 Å². The zero-order valence-corrected chi connectivity index (χ0v) is 24.5. The Balaban J connectivity index is 0.00000324. The summed E-state index contributed by atoms with van der Waals surface area (Å²) in [5.74, 6) is -0.485. The lowest BCUT2D eigenvalue weighted by Crippen LogP contribution is -2.57. The van der Waals surface area contributed by atoms with E-state index in [9.17, 15) is 13.2 Å². The molecule has 1 fully saturated rings. The van der Waals surface area contributed by atoms with Gasteiger partial charge in [0.1, 0.15) is 5.54 Å². The predicted octanol–water partition coefficient (Wildman–Crippen LogP) is 3.17. The van der Waals surface area contributed by atoms with Crippen LogP contribution in [0.2, 0.25) is 0 Å². The maximum absolute atomic E-state index is 14.1. The van der Waals surface area contributed by atoms with Crippen molar-refractivity contribution in [2.75, 3.05) is 33.8 Å². The van der Waals surface area contributed by atoms with E-state index >= 15 is 0 Å². The number of carbonyl (C=O) groups is 1. The molecule has 0 amide bonds. The van der Waals surface area contributed by atoms with E-state index in [1.165, 1.54) is 16.4 Å². The number of carbonyl (C=O) groups excluding carboxylic acids is 1. The number of rotatable bonds is 9. The molecule has 1 aromatic heterocycles. The lowest BCUT2D eigenvalue weighted by molar-refractivity contribution is -0.154. The number of hydrogen-bond acceptors (Lipinski definition) is 7. The van der Waals surface area contributed by atoms with E-state index in [0.717, 1.165) is 12.8 Å². The first-order valence-corrected chi connectivity index (χ1v) is 13.3. The Morgan fingerprint density at radius 3 is 2.36 bits per heavy atom. The molecule has 14 heteroatoms. The Morgan fingerprint density at radius 1 is 1.17 bits per heavy atom. The molecule has 2 aromatic rings.